The van der Waals surface area contributed by atoms with Crippen LogP contribution < -0.4 is 0 Å². The molecule has 0 unspecified atom stereocenters. The lowest BCUT2D eigenvalue weighted by Gasteiger charge is -2.23. The van der Waals surface area contributed by atoms with Gasteiger partial charge in [0.1, 0.15) is 0 Å². The van der Waals surface area contributed by atoms with Gasteiger partial charge in [-0.3, -0.25) is 4.90 Å². The molecule has 0 amide bonds. The van der Waals surface area contributed by atoms with Gasteiger partial charge >= 0.3 is 0 Å². The number of nitrogens with zero attached hydrogens (tertiary/aromatic N) is 4. The number of imidazole rings is 1. The van der Waals surface area contributed by atoms with Gasteiger partial charge in [0, 0.05) is 0 Å². The normalized spacial score (nSPS) is 11.4. The van der Waals surface area contributed by atoms with Crippen LogP contribution in [0.4, 0.5) is 0 Å². The average molecular weight is 397 g/mol. The Labute approximate surface area is 177 Å². The maximum atomic E-state index is 9.23. The van der Waals surface area contributed by atoms with E-state index in [1.165, 1.54) is 77.0 Å². The predicted molar refractivity (Wildman–Crippen MR) is 123 cm³/mol. The molecule has 0 saturated heterocycles. The summed E-state index contributed by atoms with van der Waals surface area (Å²) in [6, 6.07) is 8.03. The van der Waals surface area contributed by atoms with E-state index in [2.05, 4.69) is 34.4 Å². The van der Waals surface area contributed by atoms with Gasteiger partial charge in [0.05, 0.1) is 35.7 Å². The Bertz CT molecular complexity index is 712. The summed E-state index contributed by atoms with van der Waals surface area (Å²) in [5.74, 6) is 0. The van der Waals surface area contributed by atoms with Crippen LogP contribution >= 0.6 is 0 Å². The molecular weight excluding hydrogens is 356 g/mol. The number of benzene rings is 1. The molecule has 1 heterocycles. The lowest BCUT2D eigenvalue weighted by Crippen LogP contribution is -2.28. The molecule has 0 radical (unpaired) electrons. The minimum absolute atomic E-state index is 0.706. The molecule has 0 fully saturated rings. The number of aromatic nitrogens is 2. The quantitative estimate of drug-likeness (QED) is 0.290. The van der Waals surface area contributed by atoms with Gasteiger partial charge in [-0.15, -0.1) is 0 Å². The highest BCUT2D eigenvalue weighted by Gasteiger charge is 2.09. The van der Waals surface area contributed by atoms with Gasteiger partial charge in [0.25, 0.3) is 0 Å². The van der Waals surface area contributed by atoms with Crippen LogP contribution in [0.1, 0.15) is 96.5 Å². The topological polar surface area (TPSA) is 44.9 Å². The summed E-state index contributed by atoms with van der Waals surface area (Å²) in [6.45, 7) is 7.72. The summed E-state index contributed by atoms with van der Waals surface area (Å²) in [7, 11) is 0. The first kappa shape index (κ1) is 23.4. The first-order valence-electron chi connectivity index (χ1n) is 11.9. The fraction of sp³-hybridized carbons (Fsp3) is 0.680. The third kappa shape index (κ3) is 8.58. The molecule has 4 nitrogen and oxygen atoms in total. The molecule has 2 aromatic rings. The molecule has 0 N–H and O–H groups in total. The Morgan fingerprint density at radius 2 is 1.45 bits per heavy atom. The highest BCUT2D eigenvalue weighted by Crippen LogP contribution is 2.16. The van der Waals surface area contributed by atoms with Crippen molar-refractivity contribution in [2.45, 2.75) is 97.6 Å². The third-order valence-electron chi connectivity index (χ3n) is 5.76. The second kappa shape index (κ2) is 14.2. The zero-order valence-corrected chi connectivity index (χ0v) is 18.7. The Morgan fingerprint density at radius 3 is 2.03 bits per heavy atom. The SMILES string of the molecule is CCCCCCCCN(CCCCCCCC)Cn1cnc2ccc(C#N)cc21. The predicted octanol–water partition coefficient (Wildman–Crippen LogP) is 6.89. The van der Waals surface area contributed by atoms with E-state index in [1.54, 1.807) is 0 Å². The lowest BCUT2D eigenvalue weighted by atomic mass is 10.1. The van der Waals surface area contributed by atoms with E-state index in [-0.39, 0.29) is 0 Å². The summed E-state index contributed by atoms with van der Waals surface area (Å²) in [5.41, 5.74) is 2.75. The largest absolute Gasteiger partial charge is 0.317 e. The molecule has 160 valence electrons. The molecule has 0 saturated carbocycles. The van der Waals surface area contributed by atoms with Gasteiger partial charge < -0.3 is 4.57 Å². The second-order valence-corrected chi connectivity index (χ2v) is 8.32. The number of nitriles is 1. The summed E-state index contributed by atoms with van der Waals surface area (Å²) in [6.07, 6.45) is 17.9. The summed E-state index contributed by atoms with van der Waals surface area (Å²) >= 11 is 0. The summed E-state index contributed by atoms with van der Waals surface area (Å²) < 4.78 is 2.21. The van der Waals surface area contributed by atoms with E-state index in [1.807, 2.05) is 24.5 Å². The average Bonchev–Trinajstić information content (AvgIpc) is 3.14. The van der Waals surface area contributed by atoms with Crippen molar-refractivity contribution < 1.29 is 0 Å². The molecule has 0 aliphatic rings. The molecule has 0 atom stereocenters. The Morgan fingerprint density at radius 1 is 0.862 bits per heavy atom. The van der Waals surface area contributed by atoms with Crippen molar-refractivity contribution in [2.24, 2.45) is 0 Å². The van der Waals surface area contributed by atoms with Crippen LogP contribution in [0.3, 0.4) is 0 Å². The van der Waals surface area contributed by atoms with Crippen molar-refractivity contribution in [1.29, 1.82) is 5.26 Å². The maximum absolute atomic E-state index is 9.23. The van der Waals surface area contributed by atoms with Crippen LogP contribution in [0.5, 0.6) is 0 Å². The number of hydrogen-bond donors (Lipinski definition) is 0. The zero-order chi connectivity index (χ0) is 20.7. The van der Waals surface area contributed by atoms with Crippen molar-refractivity contribution in [1.82, 2.24) is 14.5 Å². The van der Waals surface area contributed by atoms with Gasteiger partial charge in [0.2, 0.25) is 0 Å². The first-order chi connectivity index (χ1) is 14.3. The van der Waals surface area contributed by atoms with Crippen molar-refractivity contribution >= 4 is 11.0 Å². The molecular formula is C25H40N4. The van der Waals surface area contributed by atoms with E-state index >= 15 is 0 Å². The van der Waals surface area contributed by atoms with Crippen LogP contribution in [0, 0.1) is 11.3 Å². The maximum Gasteiger partial charge on any atom is 0.0992 e. The third-order valence-corrected chi connectivity index (χ3v) is 5.76. The van der Waals surface area contributed by atoms with E-state index in [0.717, 1.165) is 30.8 Å². The Balaban J connectivity index is 1.90. The minimum atomic E-state index is 0.706. The minimum Gasteiger partial charge on any atom is -0.317 e. The lowest BCUT2D eigenvalue weighted by molar-refractivity contribution is 0.211. The number of hydrogen-bond acceptors (Lipinski definition) is 3. The smallest absolute Gasteiger partial charge is 0.0992 e. The van der Waals surface area contributed by atoms with Crippen LogP contribution in [-0.2, 0) is 6.67 Å². The highest BCUT2D eigenvalue weighted by atomic mass is 15.3. The van der Waals surface area contributed by atoms with Crippen LogP contribution in [0.15, 0.2) is 24.5 Å². The number of fused-ring (bicyclic) bond motifs is 1. The number of rotatable bonds is 16. The van der Waals surface area contributed by atoms with Gasteiger partial charge in [-0.2, -0.15) is 5.26 Å². The van der Waals surface area contributed by atoms with Crippen LogP contribution in [0.25, 0.3) is 11.0 Å². The molecule has 0 spiro atoms. The fourth-order valence-electron chi connectivity index (χ4n) is 3.94. The second-order valence-electron chi connectivity index (χ2n) is 8.32. The van der Waals surface area contributed by atoms with E-state index < -0.39 is 0 Å². The van der Waals surface area contributed by atoms with Gasteiger partial charge in [0.15, 0.2) is 0 Å². The molecule has 0 aliphatic heterocycles. The molecule has 4 heteroatoms. The zero-order valence-electron chi connectivity index (χ0n) is 18.7. The van der Waals surface area contributed by atoms with Gasteiger partial charge in [-0.05, 0) is 44.1 Å². The molecule has 2 rings (SSSR count). The molecule has 1 aromatic carbocycles. The Kier molecular flexibility index (Phi) is 11.4. The van der Waals surface area contributed by atoms with Crippen LogP contribution in [-0.4, -0.2) is 27.5 Å². The molecule has 29 heavy (non-hydrogen) atoms. The standard InChI is InChI=1S/C25H40N4/c1-3-5-7-9-11-13-17-28(18-14-12-10-8-6-4-2)22-29-21-27-24-16-15-23(20-26)19-25(24)29/h15-16,19,21H,3-14,17-18,22H2,1-2H3. The van der Waals surface area contributed by atoms with E-state index in [4.69, 9.17) is 0 Å². The van der Waals surface area contributed by atoms with E-state index in [0.29, 0.717) is 5.56 Å². The van der Waals surface area contributed by atoms with Crippen molar-refractivity contribution in [3.8, 4) is 6.07 Å². The summed E-state index contributed by atoms with van der Waals surface area (Å²) in [5, 5.41) is 9.23. The van der Waals surface area contributed by atoms with Crippen LogP contribution in [0.2, 0.25) is 0 Å². The highest BCUT2D eigenvalue weighted by molar-refractivity contribution is 5.76. The summed E-state index contributed by atoms with van der Waals surface area (Å²) in [4.78, 5) is 7.12. The van der Waals surface area contributed by atoms with Gasteiger partial charge in [-0.1, -0.05) is 78.1 Å². The van der Waals surface area contributed by atoms with Crippen molar-refractivity contribution in [2.75, 3.05) is 13.1 Å². The molecule has 0 bridgehead atoms. The monoisotopic (exact) mass is 396 g/mol. The van der Waals surface area contributed by atoms with Crippen molar-refractivity contribution in [3.63, 3.8) is 0 Å². The fourth-order valence-corrected chi connectivity index (χ4v) is 3.94. The van der Waals surface area contributed by atoms with E-state index in [9.17, 15) is 5.26 Å². The van der Waals surface area contributed by atoms with Crippen molar-refractivity contribution in [3.05, 3.63) is 30.1 Å². The molecule has 1 aromatic heterocycles. The first-order valence-corrected chi connectivity index (χ1v) is 11.9. The number of unbranched alkanes of at least 4 members (excludes halogenated alkanes) is 10. The van der Waals surface area contributed by atoms with Gasteiger partial charge in [-0.25, -0.2) is 4.98 Å². The Hall–Kier alpha value is -1.86. The molecule has 0 aliphatic carbocycles.